The molecule has 160 valence electrons. The Balaban J connectivity index is 1.63. The summed E-state index contributed by atoms with van der Waals surface area (Å²) in [5.74, 6) is -1.67. The van der Waals surface area contributed by atoms with Gasteiger partial charge in [0.25, 0.3) is 5.91 Å². The molecule has 1 aromatic carbocycles. The van der Waals surface area contributed by atoms with Crippen LogP contribution in [0.15, 0.2) is 51.0 Å². The van der Waals surface area contributed by atoms with E-state index in [0.29, 0.717) is 17.2 Å². The van der Waals surface area contributed by atoms with E-state index in [1.54, 1.807) is 18.2 Å². The minimum atomic E-state index is -0.808. The second-order valence-corrected chi connectivity index (χ2v) is 6.83. The van der Waals surface area contributed by atoms with Crippen LogP contribution < -0.4 is 20.1 Å². The van der Waals surface area contributed by atoms with Crippen molar-refractivity contribution in [3.63, 3.8) is 0 Å². The Labute approximate surface area is 180 Å². The molecule has 3 N–H and O–H groups in total. The maximum atomic E-state index is 12.3. The summed E-state index contributed by atoms with van der Waals surface area (Å²) in [5, 5.41) is 13.0. The average molecular weight is 443 g/mol. The number of methoxy groups -OCH3 is 2. The van der Waals surface area contributed by atoms with Gasteiger partial charge in [-0.15, -0.1) is 0 Å². The number of furan rings is 1. The van der Waals surface area contributed by atoms with E-state index in [1.165, 1.54) is 32.6 Å². The summed E-state index contributed by atoms with van der Waals surface area (Å²) in [5.41, 5.74) is -0.0306. The number of rotatable bonds is 6. The van der Waals surface area contributed by atoms with Crippen LogP contribution in [0, 0.1) is 5.41 Å². The van der Waals surface area contributed by atoms with Crippen LogP contribution in [0.3, 0.4) is 0 Å². The zero-order chi connectivity index (χ0) is 22.4. The van der Waals surface area contributed by atoms with Crippen molar-refractivity contribution in [1.82, 2.24) is 5.32 Å². The van der Waals surface area contributed by atoms with Gasteiger partial charge in [-0.1, -0.05) is 11.8 Å². The first-order chi connectivity index (χ1) is 14.9. The molecule has 2 aromatic rings. The smallest absolute Gasteiger partial charge is 0.313 e. The monoisotopic (exact) mass is 443 g/mol. The minimum Gasteiger partial charge on any atom is -0.497 e. The molecule has 2 heterocycles. The van der Waals surface area contributed by atoms with Gasteiger partial charge < -0.3 is 19.2 Å². The van der Waals surface area contributed by atoms with E-state index in [1.807, 2.05) is 0 Å². The Kier molecular flexibility index (Phi) is 6.82. The molecule has 31 heavy (non-hydrogen) atoms. The van der Waals surface area contributed by atoms with Gasteiger partial charge in [-0.3, -0.25) is 25.1 Å². The Hall–Kier alpha value is -3.93. The van der Waals surface area contributed by atoms with Crippen molar-refractivity contribution in [1.29, 1.82) is 5.41 Å². The Morgan fingerprint density at radius 1 is 1.29 bits per heavy atom. The predicted molar refractivity (Wildman–Crippen MR) is 114 cm³/mol. The Bertz CT molecular complexity index is 1090. The number of anilines is 1. The van der Waals surface area contributed by atoms with Crippen molar-refractivity contribution in [2.75, 3.05) is 25.3 Å². The van der Waals surface area contributed by atoms with Crippen LogP contribution in [0.1, 0.15) is 10.6 Å². The Morgan fingerprint density at radius 2 is 2.10 bits per heavy atom. The molecule has 0 fully saturated rings. The fourth-order valence-corrected chi connectivity index (χ4v) is 3.07. The van der Waals surface area contributed by atoms with Gasteiger partial charge in [0.15, 0.2) is 22.5 Å². The van der Waals surface area contributed by atoms with Crippen molar-refractivity contribution >= 4 is 51.9 Å². The number of hydrogen-bond donors (Lipinski definition) is 3. The van der Waals surface area contributed by atoms with Crippen LogP contribution in [-0.2, 0) is 9.59 Å². The SMILES string of the molecule is COc1ccc(OC)c(NC(=O)CSC2=NC(=N)C(=NC(=O)c3ccco3)C(=O)N2)c1. The largest absolute Gasteiger partial charge is 0.497 e. The summed E-state index contributed by atoms with van der Waals surface area (Å²) in [6.07, 6.45) is 1.29. The maximum absolute atomic E-state index is 12.3. The van der Waals surface area contributed by atoms with Crippen molar-refractivity contribution in [3.05, 3.63) is 42.4 Å². The second-order valence-electron chi connectivity index (χ2n) is 5.87. The van der Waals surface area contributed by atoms with Gasteiger partial charge in [-0.2, -0.15) is 4.99 Å². The van der Waals surface area contributed by atoms with Gasteiger partial charge in [0.05, 0.1) is 31.9 Å². The van der Waals surface area contributed by atoms with E-state index in [-0.39, 0.29) is 16.7 Å². The number of aliphatic imine (C=N–C) groups is 2. The topological polar surface area (TPSA) is 155 Å². The summed E-state index contributed by atoms with van der Waals surface area (Å²) in [7, 11) is 2.97. The third-order valence-corrected chi connectivity index (χ3v) is 4.71. The zero-order valence-corrected chi connectivity index (χ0v) is 17.2. The first-order valence-corrected chi connectivity index (χ1v) is 9.70. The molecule has 0 unspecified atom stereocenters. The first kappa shape index (κ1) is 21.8. The zero-order valence-electron chi connectivity index (χ0n) is 16.4. The van der Waals surface area contributed by atoms with Crippen molar-refractivity contribution in [2.24, 2.45) is 9.98 Å². The maximum Gasteiger partial charge on any atom is 0.313 e. The lowest BCUT2D eigenvalue weighted by atomic mass is 10.2. The highest BCUT2D eigenvalue weighted by Crippen LogP contribution is 2.29. The molecular weight excluding hydrogens is 426 g/mol. The lowest BCUT2D eigenvalue weighted by Crippen LogP contribution is -2.43. The summed E-state index contributed by atoms with van der Waals surface area (Å²) >= 11 is 0.909. The summed E-state index contributed by atoms with van der Waals surface area (Å²) in [6.45, 7) is 0. The molecule has 1 aliphatic rings. The molecule has 0 radical (unpaired) electrons. The predicted octanol–water partition coefficient (Wildman–Crippen LogP) is 1.71. The third-order valence-electron chi connectivity index (χ3n) is 3.84. The molecule has 0 spiro atoms. The summed E-state index contributed by atoms with van der Waals surface area (Å²) in [4.78, 5) is 43.9. The minimum absolute atomic E-state index is 0.0344. The number of amidine groups is 2. The number of carbonyl (C=O) groups excluding carboxylic acids is 3. The van der Waals surface area contributed by atoms with Crippen LogP contribution in [0.5, 0.6) is 11.5 Å². The summed E-state index contributed by atoms with van der Waals surface area (Å²) < 4.78 is 15.3. The van der Waals surface area contributed by atoms with Crippen LogP contribution >= 0.6 is 11.8 Å². The van der Waals surface area contributed by atoms with E-state index in [2.05, 4.69) is 20.6 Å². The molecule has 0 saturated heterocycles. The number of carbonyl (C=O) groups is 3. The van der Waals surface area contributed by atoms with Gasteiger partial charge >= 0.3 is 5.91 Å². The molecule has 12 heteroatoms. The van der Waals surface area contributed by atoms with Gasteiger partial charge in [0.1, 0.15) is 11.5 Å². The number of nitrogens with one attached hydrogen (secondary N) is 3. The molecule has 0 aliphatic carbocycles. The lowest BCUT2D eigenvalue weighted by molar-refractivity contribution is -0.114. The van der Waals surface area contributed by atoms with Crippen LogP contribution in [0.2, 0.25) is 0 Å². The lowest BCUT2D eigenvalue weighted by Gasteiger charge is -2.15. The molecule has 0 saturated carbocycles. The third kappa shape index (κ3) is 5.36. The highest BCUT2D eigenvalue weighted by molar-refractivity contribution is 8.14. The molecule has 0 atom stereocenters. The molecule has 1 aromatic heterocycles. The molecule has 0 bridgehead atoms. The molecule has 3 rings (SSSR count). The quantitative estimate of drug-likeness (QED) is 0.614. The van der Waals surface area contributed by atoms with Crippen molar-refractivity contribution in [3.8, 4) is 11.5 Å². The highest BCUT2D eigenvalue weighted by atomic mass is 32.2. The van der Waals surface area contributed by atoms with E-state index < -0.39 is 29.3 Å². The molecule has 11 nitrogen and oxygen atoms in total. The van der Waals surface area contributed by atoms with Gasteiger partial charge in [-0.25, -0.2) is 4.99 Å². The normalized spacial score (nSPS) is 14.6. The van der Waals surface area contributed by atoms with E-state index >= 15 is 0 Å². The number of thioether (sulfide) groups is 1. The first-order valence-electron chi connectivity index (χ1n) is 8.71. The van der Waals surface area contributed by atoms with E-state index in [0.717, 1.165) is 11.8 Å². The van der Waals surface area contributed by atoms with Crippen molar-refractivity contribution in [2.45, 2.75) is 0 Å². The average Bonchev–Trinajstić information content (AvgIpc) is 3.29. The molecule has 1 aliphatic heterocycles. The number of amides is 3. The van der Waals surface area contributed by atoms with Gasteiger partial charge in [0, 0.05) is 6.07 Å². The van der Waals surface area contributed by atoms with Crippen LogP contribution in [0.25, 0.3) is 0 Å². The number of hydrogen-bond acceptors (Lipinski definition) is 8. The van der Waals surface area contributed by atoms with Crippen LogP contribution in [0.4, 0.5) is 5.69 Å². The highest BCUT2D eigenvalue weighted by Gasteiger charge is 2.26. The van der Waals surface area contributed by atoms with Gasteiger partial charge in [0.2, 0.25) is 5.91 Å². The number of benzene rings is 1. The summed E-state index contributed by atoms with van der Waals surface area (Å²) in [6, 6.07) is 7.84. The van der Waals surface area contributed by atoms with E-state index in [4.69, 9.17) is 19.3 Å². The standard InChI is InChI=1S/C19H17N5O6S/c1-28-10-5-6-12(29-2)11(8-10)21-14(25)9-31-19-23-16(20)15(18(27)24-19)22-17(26)13-4-3-7-30-13/h3-8H,9H2,1-2H3,(H,21,25)(H2,20,23,24,27). The Morgan fingerprint density at radius 3 is 2.74 bits per heavy atom. The number of ether oxygens (including phenoxy) is 2. The molecular formula is C19H17N5O6S. The fourth-order valence-electron chi connectivity index (χ4n) is 2.41. The van der Waals surface area contributed by atoms with E-state index in [9.17, 15) is 14.4 Å². The van der Waals surface area contributed by atoms with Crippen molar-refractivity contribution < 1.29 is 28.3 Å². The molecule has 3 amide bonds. The fraction of sp³-hybridized carbons (Fsp3) is 0.158. The van der Waals surface area contributed by atoms with Gasteiger partial charge in [-0.05, 0) is 24.3 Å². The number of nitrogens with zero attached hydrogens (tertiary/aromatic N) is 2. The second kappa shape index (κ2) is 9.71. The van der Waals surface area contributed by atoms with Crippen LogP contribution in [-0.4, -0.2) is 54.4 Å².